The van der Waals surface area contributed by atoms with Crippen LogP contribution in [-0.2, 0) is 14.3 Å². The van der Waals surface area contributed by atoms with Gasteiger partial charge in [0.1, 0.15) is 0 Å². The molecule has 0 radical (unpaired) electrons. The number of carbonyl (C=O) groups is 3. The molecule has 7 heteroatoms. The Morgan fingerprint density at radius 2 is 1.79 bits per heavy atom. The molecule has 1 aromatic rings. The number of amides is 3. The van der Waals surface area contributed by atoms with Gasteiger partial charge in [0.15, 0.2) is 0 Å². The quantitative estimate of drug-likeness (QED) is 0.813. The predicted molar refractivity (Wildman–Crippen MR) is 106 cm³/mol. The normalized spacial score (nSPS) is 21.8. The van der Waals surface area contributed by atoms with Crippen molar-refractivity contribution in [2.24, 2.45) is 11.8 Å². The number of ether oxygens (including phenoxy) is 1. The molecule has 1 aromatic carbocycles. The molecule has 1 aliphatic carbocycles. The zero-order valence-corrected chi connectivity index (χ0v) is 16.8. The SMILES string of the molecule is CCOC(=O)N1CCC(NC(=O)C2CC2C(=O)Nc2cccc(C)c2C)CC1. The lowest BCUT2D eigenvalue weighted by molar-refractivity contribution is -0.126. The third-order valence-corrected chi connectivity index (χ3v) is 5.69. The van der Waals surface area contributed by atoms with E-state index in [-0.39, 0.29) is 35.8 Å². The molecule has 1 aliphatic heterocycles. The summed E-state index contributed by atoms with van der Waals surface area (Å²) in [6.07, 6.45) is 1.70. The number of rotatable bonds is 5. The largest absolute Gasteiger partial charge is 0.450 e. The first-order valence-corrected chi connectivity index (χ1v) is 9.99. The first-order valence-electron chi connectivity index (χ1n) is 9.99. The van der Waals surface area contributed by atoms with Crippen LogP contribution in [-0.4, -0.2) is 48.5 Å². The van der Waals surface area contributed by atoms with Crippen molar-refractivity contribution in [3.63, 3.8) is 0 Å². The second-order valence-corrected chi connectivity index (χ2v) is 7.65. The number of anilines is 1. The van der Waals surface area contributed by atoms with Crippen LogP contribution in [0, 0.1) is 25.7 Å². The van der Waals surface area contributed by atoms with E-state index in [4.69, 9.17) is 4.74 Å². The Kier molecular flexibility index (Phi) is 6.21. The van der Waals surface area contributed by atoms with Gasteiger partial charge in [-0.15, -0.1) is 0 Å². The minimum atomic E-state index is -0.294. The molecule has 2 atom stereocenters. The predicted octanol–water partition coefficient (Wildman–Crippen LogP) is 2.62. The average molecular weight is 387 g/mol. The van der Waals surface area contributed by atoms with Crippen molar-refractivity contribution in [3.8, 4) is 0 Å². The molecule has 0 aromatic heterocycles. The van der Waals surface area contributed by atoms with Gasteiger partial charge in [0.2, 0.25) is 11.8 Å². The number of hydrogen-bond donors (Lipinski definition) is 2. The molecule has 7 nitrogen and oxygen atoms in total. The number of hydrogen-bond acceptors (Lipinski definition) is 4. The molecule has 2 aliphatic rings. The zero-order chi connectivity index (χ0) is 20.3. The minimum absolute atomic E-state index is 0.0431. The van der Waals surface area contributed by atoms with Gasteiger partial charge in [-0.3, -0.25) is 9.59 Å². The number of likely N-dealkylation sites (tertiary alicyclic amines) is 1. The highest BCUT2D eigenvalue weighted by molar-refractivity contribution is 6.00. The number of nitrogens with one attached hydrogen (secondary N) is 2. The van der Waals surface area contributed by atoms with E-state index in [1.807, 2.05) is 32.0 Å². The highest BCUT2D eigenvalue weighted by atomic mass is 16.6. The van der Waals surface area contributed by atoms with Crippen LogP contribution in [0.2, 0.25) is 0 Å². The van der Waals surface area contributed by atoms with E-state index in [0.29, 0.717) is 39.0 Å². The van der Waals surface area contributed by atoms with Crippen molar-refractivity contribution in [2.75, 3.05) is 25.0 Å². The van der Waals surface area contributed by atoms with Crippen LogP contribution in [0.5, 0.6) is 0 Å². The summed E-state index contributed by atoms with van der Waals surface area (Å²) in [7, 11) is 0. The third kappa shape index (κ3) is 4.64. The maximum absolute atomic E-state index is 12.5. The monoisotopic (exact) mass is 387 g/mol. The second-order valence-electron chi connectivity index (χ2n) is 7.65. The van der Waals surface area contributed by atoms with Gasteiger partial charge in [0.05, 0.1) is 18.4 Å². The molecule has 1 saturated heterocycles. The summed E-state index contributed by atoms with van der Waals surface area (Å²) in [5, 5.41) is 6.00. The summed E-state index contributed by atoms with van der Waals surface area (Å²) in [5.74, 6) is -0.672. The first kappa shape index (κ1) is 20.2. The van der Waals surface area contributed by atoms with E-state index in [9.17, 15) is 14.4 Å². The van der Waals surface area contributed by atoms with Gasteiger partial charge in [-0.2, -0.15) is 0 Å². The van der Waals surface area contributed by atoms with E-state index in [1.165, 1.54) is 0 Å². The van der Waals surface area contributed by atoms with Gasteiger partial charge in [0, 0.05) is 24.8 Å². The minimum Gasteiger partial charge on any atom is -0.450 e. The number of piperidine rings is 1. The van der Waals surface area contributed by atoms with E-state index in [1.54, 1.807) is 11.8 Å². The summed E-state index contributed by atoms with van der Waals surface area (Å²) in [6, 6.07) is 5.85. The van der Waals surface area contributed by atoms with E-state index < -0.39 is 0 Å². The molecule has 2 unspecified atom stereocenters. The van der Waals surface area contributed by atoms with E-state index >= 15 is 0 Å². The smallest absolute Gasteiger partial charge is 0.409 e. The topological polar surface area (TPSA) is 87.7 Å². The second kappa shape index (κ2) is 8.63. The fraction of sp³-hybridized carbons (Fsp3) is 0.571. The van der Waals surface area contributed by atoms with Crippen molar-refractivity contribution >= 4 is 23.6 Å². The highest BCUT2D eigenvalue weighted by Crippen LogP contribution is 2.40. The maximum Gasteiger partial charge on any atom is 0.409 e. The summed E-state index contributed by atoms with van der Waals surface area (Å²) in [5.41, 5.74) is 2.98. The van der Waals surface area contributed by atoms with Crippen LogP contribution in [0.1, 0.15) is 37.3 Å². The Morgan fingerprint density at radius 1 is 1.11 bits per heavy atom. The summed E-state index contributed by atoms with van der Waals surface area (Å²) < 4.78 is 5.01. The first-order chi connectivity index (χ1) is 13.4. The van der Waals surface area contributed by atoms with E-state index in [2.05, 4.69) is 10.6 Å². The molecule has 2 fully saturated rings. The molecule has 0 bridgehead atoms. The Bertz CT molecular complexity index is 756. The number of aryl methyl sites for hydroxylation is 1. The summed E-state index contributed by atoms with van der Waals surface area (Å²) >= 11 is 0. The molecule has 1 saturated carbocycles. The molecule has 1 heterocycles. The molecule has 3 rings (SSSR count). The van der Waals surface area contributed by atoms with Crippen LogP contribution in [0.25, 0.3) is 0 Å². The Morgan fingerprint density at radius 3 is 2.46 bits per heavy atom. The van der Waals surface area contributed by atoms with Gasteiger partial charge in [-0.25, -0.2) is 4.79 Å². The number of nitrogens with zero attached hydrogens (tertiary/aromatic N) is 1. The lowest BCUT2D eigenvalue weighted by Crippen LogP contribution is -2.47. The lowest BCUT2D eigenvalue weighted by atomic mass is 10.0. The molecule has 152 valence electrons. The van der Waals surface area contributed by atoms with Crippen LogP contribution in [0.3, 0.4) is 0 Å². The van der Waals surface area contributed by atoms with Crippen molar-refractivity contribution in [1.29, 1.82) is 0 Å². The van der Waals surface area contributed by atoms with Crippen LogP contribution >= 0.6 is 0 Å². The van der Waals surface area contributed by atoms with Crippen molar-refractivity contribution in [1.82, 2.24) is 10.2 Å². The molecule has 2 N–H and O–H groups in total. The fourth-order valence-electron chi connectivity index (χ4n) is 3.62. The number of benzene rings is 1. The lowest BCUT2D eigenvalue weighted by Gasteiger charge is -2.31. The van der Waals surface area contributed by atoms with Gasteiger partial charge in [-0.05, 0) is 57.2 Å². The molecule has 28 heavy (non-hydrogen) atoms. The van der Waals surface area contributed by atoms with Crippen LogP contribution in [0.4, 0.5) is 10.5 Å². The maximum atomic E-state index is 12.5. The average Bonchev–Trinajstić information content (AvgIpc) is 3.47. The molecule has 3 amide bonds. The van der Waals surface area contributed by atoms with E-state index in [0.717, 1.165) is 16.8 Å². The zero-order valence-electron chi connectivity index (χ0n) is 16.8. The highest BCUT2D eigenvalue weighted by Gasteiger charge is 2.48. The standard InChI is InChI=1S/C21H29N3O4/c1-4-28-21(27)24-10-8-15(9-11-24)22-19(25)16-12-17(16)20(26)23-18-7-5-6-13(2)14(18)3/h5-7,15-17H,4,8-12H2,1-3H3,(H,22,25)(H,23,26). The summed E-state index contributed by atoms with van der Waals surface area (Å²) in [4.78, 5) is 38.4. The Hall–Kier alpha value is -2.57. The van der Waals surface area contributed by atoms with Crippen molar-refractivity contribution < 1.29 is 19.1 Å². The van der Waals surface area contributed by atoms with Crippen molar-refractivity contribution in [2.45, 2.75) is 46.1 Å². The molecular formula is C21H29N3O4. The van der Waals surface area contributed by atoms with Crippen molar-refractivity contribution in [3.05, 3.63) is 29.3 Å². The van der Waals surface area contributed by atoms with Gasteiger partial charge < -0.3 is 20.3 Å². The van der Waals surface area contributed by atoms with Gasteiger partial charge >= 0.3 is 6.09 Å². The van der Waals surface area contributed by atoms with Crippen LogP contribution < -0.4 is 10.6 Å². The number of carbonyl (C=O) groups excluding carboxylic acids is 3. The van der Waals surface area contributed by atoms with Gasteiger partial charge in [0.25, 0.3) is 0 Å². The Balaban J connectivity index is 1.44. The van der Waals surface area contributed by atoms with Gasteiger partial charge in [-0.1, -0.05) is 12.1 Å². The Labute approximate surface area is 165 Å². The van der Waals surface area contributed by atoms with Crippen LogP contribution in [0.15, 0.2) is 18.2 Å². The third-order valence-electron chi connectivity index (χ3n) is 5.69. The summed E-state index contributed by atoms with van der Waals surface area (Å²) in [6.45, 7) is 7.28. The fourth-order valence-corrected chi connectivity index (χ4v) is 3.62. The molecule has 0 spiro atoms. The molecular weight excluding hydrogens is 358 g/mol.